The molecule has 5 nitrogen and oxygen atoms in total. The van der Waals surface area contributed by atoms with Crippen LogP contribution >= 0.6 is 0 Å². The van der Waals surface area contributed by atoms with E-state index in [0.717, 1.165) is 11.3 Å². The molecule has 0 saturated heterocycles. The average Bonchev–Trinajstić information content (AvgIpc) is 2.80. The van der Waals surface area contributed by atoms with Gasteiger partial charge in [-0.2, -0.15) is 0 Å². The second kappa shape index (κ2) is 4.86. The fourth-order valence-corrected chi connectivity index (χ4v) is 1.87. The molecule has 0 amide bonds. The topological polar surface area (TPSA) is 79.1 Å². The largest absolute Gasteiger partial charge is 0.508 e. The summed E-state index contributed by atoms with van der Waals surface area (Å²) in [6.45, 7) is 0.504. The Morgan fingerprint density at radius 1 is 1.41 bits per heavy atom. The lowest BCUT2D eigenvalue weighted by atomic mass is 9.90. The average molecular weight is 235 g/mol. The zero-order valence-electron chi connectivity index (χ0n) is 9.17. The van der Waals surface area contributed by atoms with Gasteiger partial charge in [0.15, 0.2) is 0 Å². The van der Waals surface area contributed by atoms with Crippen LogP contribution in [0.4, 0.5) is 0 Å². The van der Waals surface area contributed by atoms with Gasteiger partial charge in [-0.05, 0) is 17.7 Å². The molecule has 1 aliphatic heterocycles. The summed E-state index contributed by atoms with van der Waals surface area (Å²) in [5, 5.41) is 22.0. The van der Waals surface area contributed by atoms with Crippen LogP contribution in [-0.4, -0.2) is 28.5 Å². The van der Waals surface area contributed by atoms with Gasteiger partial charge in [-0.3, -0.25) is 4.79 Å². The first-order valence-electron chi connectivity index (χ1n) is 5.36. The molecular weight excluding hydrogens is 222 g/mol. The van der Waals surface area contributed by atoms with Crippen molar-refractivity contribution in [2.24, 2.45) is 5.16 Å². The Morgan fingerprint density at radius 3 is 2.65 bits per heavy atom. The van der Waals surface area contributed by atoms with Gasteiger partial charge in [0, 0.05) is 12.3 Å². The van der Waals surface area contributed by atoms with E-state index in [1.165, 1.54) is 0 Å². The fraction of sp³-hybridized carbons (Fsp3) is 0.333. The first kappa shape index (κ1) is 11.4. The van der Waals surface area contributed by atoms with Crippen molar-refractivity contribution in [3.8, 4) is 5.75 Å². The molecule has 5 heteroatoms. The number of oxime groups is 1. The molecule has 2 N–H and O–H groups in total. The zero-order chi connectivity index (χ0) is 12.3. The fourth-order valence-electron chi connectivity index (χ4n) is 1.87. The van der Waals surface area contributed by atoms with E-state index in [0.29, 0.717) is 13.0 Å². The summed E-state index contributed by atoms with van der Waals surface area (Å²) in [6, 6.07) is 6.51. The summed E-state index contributed by atoms with van der Waals surface area (Å²) in [5.74, 6) is -0.999. The van der Waals surface area contributed by atoms with Gasteiger partial charge in [0.2, 0.25) is 0 Å². The third kappa shape index (κ3) is 2.75. The number of carboxylic acids is 1. The number of phenols is 1. The molecule has 0 spiro atoms. The van der Waals surface area contributed by atoms with Crippen LogP contribution in [0.5, 0.6) is 5.75 Å². The summed E-state index contributed by atoms with van der Waals surface area (Å²) < 4.78 is 0. The standard InChI is InChI=1S/C12H13NO4/c14-9-3-1-8(2-4-9)10(7-12(15)16)11-5-6-17-13-11/h1-4,10,14H,5-7H2,(H,15,16). The number of hydrogen-bond acceptors (Lipinski definition) is 4. The predicted octanol–water partition coefficient (Wildman–Crippen LogP) is 1.73. The Morgan fingerprint density at radius 2 is 2.12 bits per heavy atom. The molecule has 0 bridgehead atoms. The molecule has 1 aliphatic rings. The molecule has 1 atom stereocenters. The first-order valence-corrected chi connectivity index (χ1v) is 5.36. The molecule has 0 fully saturated rings. The van der Waals surface area contributed by atoms with Crippen LogP contribution in [0.3, 0.4) is 0 Å². The van der Waals surface area contributed by atoms with E-state index in [9.17, 15) is 9.90 Å². The third-order valence-electron chi connectivity index (χ3n) is 2.71. The van der Waals surface area contributed by atoms with E-state index < -0.39 is 5.97 Å². The summed E-state index contributed by atoms with van der Waals surface area (Å²) >= 11 is 0. The molecule has 2 rings (SSSR count). The minimum Gasteiger partial charge on any atom is -0.508 e. The second-order valence-corrected chi connectivity index (χ2v) is 3.91. The van der Waals surface area contributed by atoms with Crippen molar-refractivity contribution in [1.82, 2.24) is 0 Å². The van der Waals surface area contributed by atoms with Gasteiger partial charge in [0.25, 0.3) is 0 Å². The van der Waals surface area contributed by atoms with E-state index in [4.69, 9.17) is 9.94 Å². The van der Waals surface area contributed by atoms with E-state index >= 15 is 0 Å². The van der Waals surface area contributed by atoms with Crippen molar-refractivity contribution in [2.75, 3.05) is 6.61 Å². The van der Waals surface area contributed by atoms with Crippen molar-refractivity contribution in [1.29, 1.82) is 0 Å². The maximum absolute atomic E-state index is 10.9. The lowest BCUT2D eigenvalue weighted by Crippen LogP contribution is -2.15. The van der Waals surface area contributed by atoms with Crippen molar-refractivity contribution < 1.29 is 19.8 Å². The van der Waals surface area contributed by atoms with Gasteiger partial charge in [-0.15, -0.1) is 0 Å². The molecule has 17 heavy (non-hydrogen) atoms. The van der Waals surface area contributed by atoms with Crippen LogP contribution in [0, 0.1) is 0 Å². The van der Waals surface area contributed by atoms with E-state index in [1.54, 1.807) is 24.3 Å². The van der Waals surface area contributed by atoms with Gasteiger partial charge >= 0.3 is 5.97 Å². The minimum atomic E-state index is -0.877. The van der Waals surface area contributed by atoms with Gasteiger partial charge < -0.3 is 15.1 Å². The quantitative estimate of drug-likeness (QED) is 0.832. The number of phenolic OH excluding ortho intramolecular Hbond substituents is 1. The van der Waals surface area contributed by atoms with Crippen molar-refractivity contribution >= 4 is 11.7 Å². The normalized spacial score (nSPS) is 16.1. The highest BCUT2D eigenvalue weighted by atomic mass is 16.6. The van der Waals surface area contributed by atoms with Crippen LogP contribution in [0.1, 0.15) is 24.3 Å². The molecule has 1 aromatic rings. The number of aromatic hydroxyl groups is 1. The van der Waals surface area contributed by atoms with Gasteiger partial charge in [-0.25, -0.2) is 0 Å². The third-order valence-corrected chi connectivity index (χ3v) is 2.71. The summed E-state index contributed by atoms with van der Waals surface area (Å²) in [7, 11) is 0. The highest BCUT2D eigenvalue weighted by molar-refractivity contribution is 5.94. The highest BCUT2D eigenvalue weighted by Gasteiger charge is 2.24. The summed E-state index contributed by atoms with van der Waals surface area (Å²) in [4.78, 5) is 15.8. The predicted molar refractivity (Wildman–Crippen MR) is 61.1 cm³/mol. The molecule has 1 heterocycles. The zero-order valence-corrected chi connectivity index (χ0v) is 9.17. The Balaban J connectivity index is 2.25. The lowest BCUT2D eigenvalue weighted by molar-refractivity contribution is -0.137. The van der Waals surface area contributed by atoms with Gasteiger partial charge in [0.1, 0.15) is 12.4 Å². The van der Waals surface area contributed by atoms with Crippen molar-refractivity contribution in [2.45, 2.75) is 18.8 Å². The number of carboxylic acid groups (broad SMARTS) is 1. The Bertz CT molecular complexity index is 438. The van der Waals surface area contributed by atoms with Crippen molar-refractivity contribution in [3.63, 3.8) is 0 Å². The Hall–Kier alpha value is -2.04. The molecule has 0 saturated carbocycles. The monoisotopic (exact) mass is 235 g/mol. The molecule has 1 aromatic carbocycles. The van der Waals surface area contributed by atoms with Gasteiger partial charge in [0.05, 0.1) is 12.1 Å². The van der Waals surface area contributed by atoms with Crippen LogP contribution < -0.4 is 0 Å². The maximum Gasteiger partial charge on any atom is 0.304 e. The summed E-state index contributed by atoms with van der Waals surface area (Å²) in [6.07, 6.45) is 0.631. The van der Waals surface area contributed by atoms with Gasteiger partial charge in [-0.1, -0.05) is 17.3 Å². The number of aliphatic carboxylic acids is 1. The Labute approximate surface area is 98.3 Å². The molecule has 0 aromatic heterocycles. The van der Waals surface area contributed by atoms with E-state index in [-0.39, 0.29) is 18.1 Å². The van der Waals surface area contributed by atoms with E-state index in [2.05, 4.69) is 5.16 Å². The van der Waals surface area contributed by atoms with Crippen LogP contribution in [0.15, 0.2) is 29.4 Å². The maximum atomic E-state index is 10.9. The number of nitrogens with zero attached hydrogens (tertiary/aromatic N) is 1. The molecule has 0 aliphatic carbocycles. The van der Waals surface area contributed by atoms with Crippen molar-refractivity contribution in [3.05, 3.63) is 29.8 Å². The number of hydrogen-bond donors (Lipinski definition) is 2. The first-order chi connectivity index (χ1) is 8.16. The smallest absolute Gasteiger partial charge is 0.304 e. The molecule has 1 unspecified atom stereocenters. The minimum absolute atomic E-state index is 0.0209. The van der Waals surface area contributed by atoms with Crippen LogP contribution in [-0.2, 0) is 9.63 Å². The molecular formula is C12H13NO4. The van der Waals surface area contributed by atoms with Crippen LogP contribution in [0.25, 0.3) is 0 Å². The summed E-state index contributed by atoms with van der Waals surface area (Å²) in [5.41, 5.74) is 1.58. The van der Waals surface area contributed by atoms with Crippen LogP contribution in [0.2, 0.25) is 0 Å². The molecule has 0 radical (unpaired) electrons. The molecule has 90 valence electrons. The van der Waals surface area contributed by atoms with E-state index in [1.807, 2.05) is 0 Å². The Kier molecular flexibility index (Phi) is 3.27. The highest BCUT2D eigenvalue weighted by Crippen LogP contribution is 2.26. The SMILES string of the molecule is O=C(O)CC(C1=NOCC1)c1ccc(O)cc1. The number of carbonyl (C=O) groups is 1. The number of rotatable bonds is 4. The lowest BCUT2D eigenvalue weighted by Gasteiger charge is -2.14. The number of benzene rings is 1. The second-order valence-electron chi connectivity index (χ2n) is 3.91.